The number of halogens is 2. The van der Waals surface area contributed by atoms with E-state index in [4.69, 9.17) is 5.11 Å². The maximum atomic E-state index is 12.9. The van der Waals surface area contributed by atoms with E-state index >= 15 is 0 Å². The van der Waals surface area contributed by atoms with Gasteiger partial charge >= 0.3 is 5.97 Å². The summed E-state index contributed by atoms with van der Waals surface area (Å²) in [6.07, 6.45) is 0. The summed E-state index contributed by atoms with van der Waals surface area (Å²) < 4.78 is 25.7. The van der Waals surface area contributed by atoms with Crippen molar-refractivity contribution in [3.8, 4) is 11.8 Å². The van der Waals surface area contributed by atoms with Crippen molar-refractivity contribution in [1.82, 2.24) is 0 Å². The first-order chi connectivity index (χ1) is 6.50. The molecule has 2 nitrogen and oxygen atoms in total. The van der Waals surface area contributed by atoms with E-state index in [1.54, 1.807) is 5.92 Å². The van der Waals surface area contributed by atoms with Crippen molar-refractivity contribution in [3.05, 3.63) is 34.9 Å². The van der Waals surface area contributed by atoms with Gasteiger partial charge in [0.25, 0.3) is 0 Å². The number of benzene rings is 1. The monoisotopic (exact) mass is 196 g/mol. The van der Waals surface area contributed by atoms with Crippen molar-refractivity contribution in [2.75, 3.05) is 0 Å². The van der Waals surface area contributed by atoms with Gasteiger partial charge in [-0.1, -0.05) is 5.92 Å². The molecule has 0 bridgehead atoms. The summed E-state index contributed by atoms with van der Waals surface area (Å²) in [5.41, 5.74) is 0.104. The number of aliphatic carboxylic acids is 1. The van der Waals surface area contributed by atoms with Gasteiger partial charge in [0, 0.05) is 12.0 Å². The van der Waals surface area contributed by atoms with E-state index in [-0.39, 0.29) is 11.1 Å². The van der Waals surface area contributed by atoms with Crippen LogP contribution in [-0.4, -0.2) is 11.1 Å². The molecule has 14 heavy (non-hydrogen) atoms. The van der Waals surface area contributed by atoms with Crippen LogP contribution in [-0.2, 0) is 4.79 Å². The first kappa shape index (κ1) is 10.2. The van der Waals surface area contributed by atoms with Gasteiger partial charge in [0.15, 0.2) is 0 Å². The predicted octanol–water partition coefficient (Wildman–Crippen LogP) is 1.71. The van der Waals surface area contributed by atoms with Crippen molar-refractivity contribution < 1.29 is 18.7 Å². The number of hydrogen-bond acceptors (Lipinski definition) is 1. The standard InChI is InChI=1S/C10H6F2O2/c1-6-4-7(2-3-10(13)14)9(12)5-8(6)11/h4-5H,1H3,(H,13,14). The maximum absolute atomic E-state index is 12.9. The van der Waals surface area contributed by atoms with Crippen LogP contribution in [0.3, 0.4) is 0 Å². The van der Waals surface area contributed by atoms with Crippen LogP contribution in [0.4, 0.5) is 8.78 Å². The van der Waals surface area contributed by atoms with E-state index in [0.29, 0.717) is 6.07 Å². The number of carboxylic acids is 1. The molecule has 1 rings (SSSR count). The van der Waals surface area contributed by atoms with E-state index in [0.717, 1.165) is 0 Å². The highest BCUT2D eigenvalue weighted by molar-refractivity contribution is 5.87. The Morgan fingerprint density at radius 1 is 1.36 bits per heavy atom. The Labute approximate surface area is 79.2 Å². The van der Waals surface area contributed by atoms with Crippen LogP contribution < -0.4 is 0 Å². The number of rotatable bonds is 0. The second-order valence-corrected chi connectivity index (χ2v) is 2.64. The van der Waals surface area contributed by atoms with Crippen LogP contribution in [0.25, 0.3) is 0 Å². The van der Waals surface area contributed by atoms with E-state index in [9.17, 15) is 13.6 Å². The molecule has 72 valence electrons. The minimum atomic E-state index is -1.36. The topological polar surface area (TPSA) is 37.3 Å². The predicted molar refractivity (Wildman–Crippen MR) is 45.6 cm³/mol. The molecule has 1 aromatic rings. The first-order valence-electron chi connectivity index (χ1n) is 3.71. The largest absolute Gasteiger partial charge is 0.472 e. The molecule has 0 saturated carbocycles. The van der Waals surface area contributed by atoms with E-state index in [2.05, 4.69) is 5.92 Å². The first-order valence-corrected chi connectivity index (χ1v) is 3.71. The Morgan fingerprint density at radius 3 is 2.57 bits per heavy atom. The molecule has 0 aromatic heterocycles. The molecule has 4 heteroatoms. The third-order valence-electron chi connectivity index (χ3n) is 1.55. The van der Waals surface area contributed by atoms with Crippen LogP contribution in [0.2, 0.25) is 0 Å². The molecule has 0 aliphatic heterocycles. The molecule has 0 aliphatic rings. The van der Waals surface area contributed by atoms with Gasteiger partial charge in [-0.25, -0.2) is 13.6 Å². The minimum Gasteiger partial charge on any atom is -0.472 e. The molecule has 0 fully saturated rings. The summed E-state index contributed by atoms with van der Waals surface area (Å²) in [7, 11) is 0. The van der Waals surface area contributed by atoms with Crippen molar-refractivity contribution in [2.45, 2.75) is 6.92 Å². The quantitative estimate of drug-likeness (QED) is 0.641. The molecule has 0 spiro atoms. The summed E-state index contributed by atoms with van der Waals surface area (Å²) in [6.45, 7) is 1.45. The van der Waals surface area contributed by atoms with Gasteiger partial charge in [0.05, 0.1) is 5.56 Å². The van der Waals surface area contributed by atoms with Gasteiger partial charge < -0.3 is 5.11 Å². The Kier molecular flexibility index (Phi) is 2.82. The molecule has 1 aromatic carbocycles. The Balaban J connectivity index is 3.18. The molecular formula is C10H6F2O2. The molecule has 0 atom stereocenters. The number of carbonyl (C=O) groups is 1. The van der Waals surface area contributed by atoms with Crippen LogP contribution in [0, 0.1) is 30.4 Å². The van der Waals surface area contributed by atoms with Crippen molar-refractivity contribution in [1.29, 1.82) is 0 Å². The van der Waals surface area contributed by atoms with Crippen LogP contribution >= 0.6 is 0 Å². The van der Waals surface area contributed by atoms with Gasteiger partial charge in [-0.3, -0.25) is 0 Å². The average Bonchev–Trinajstić information content (AvgIpc) is 2.09. The smallest absolute Gasteiger partial charge is 0.382 e. The fourth-order valence-corrected chi connectivity index (χ4v) is 0.874. The van der Waals surface area contributed by atoms with Crippen molar-refractivity contribution in [3.63, 3.8) is 0 Å². The zero-order valence-electron chi connectivity index (χ0n) is 7.27. The lowest BCUT2D eigenvalue weighted by molar-refractivity contribution is -0.130. The summed E-state index contributed by atoms with van der Waals surface area (Å²) in [5, 5.41) is 8.22. The average molecular weight is 196 g/mol. The Hall–Kier alpha value is -1.89. The number of carboxylic acid groups (broad SMARTS) is 1. The minimum absolute atomic E-state index is 0.119. The normalized spacial score (nSPS) is 9.07. The zero-order chi connectivity index (χ0) is 10.7. The lowest BCUT2D eigenvalue weighted by Crippen LogP contribution is -1.92. The second kappa shape index (κ2) is 3.88. The Morgan fingerprint density at radius 2 is 2.00 bits per heavy atom. The van der Waals surface area contributed by atoms with Gasteiger partial charge in [0.1, 0.15) is 11.6 Å². The third-order valence-corrected chi connectivity index (χ3v) is 1.55. The third kappa shape index (κ3) is 2.30. The highest BCUT2D eigenvalue weighted by Crippen LogP contribution is 2.12. The lowest BCUT2D eigenvalue weighted by Gasteiger charge is -1.98. The molecule has 0 saturated heterocycles. The SMILES string of the molecule is Cc1cc(C#CC(=O)O)c(F)cc1F. The maximum Gasteiger partial charge on any atom is 0.382 e. The fraction of sp³-hybridized carbons (Fsp3) is 0.100. The summed E-state index contributed by atoms with van der Waals surface area (Å²) in [5.74, 6) is 0.951. The molecule has 0 radical (unpaired) electrons. The number of hydrogen-bond donors (Lipinski definition) is 1. The Bertz CT molecular complexity index is 441. The highest BCUT2D eigenvalue weighted by Gasteiger charge is 2.04. The molecule has 0 aliphatic carbocycles. The van der Waals surface area contributed by atoms with Crippen molar-refractivity contribution in [2.24, 2.45) is 0 Å². The lowest BCUT2D eigenvalue weighted by atomic mass is 10.1. The zero-order valence-corrected chi connectivity index (χ0v) is 7.27. The van der Waals surface area contributed by atoms with E-state index < -0.39 is 17.6 Å². The van der Waals surface area contributed by atoms with E-state index in [1.807, 2.05) is 0 Å². The summed E-state index contributed by atoms with van der Waals surface area (Å²) >= 11 is 0. The van der Waals surface area contributed by atoms with Crippen molar-refractivity contribution >= 4 is 5.97 Å². The van der Waals surface area contributed by atoms with Gasteiger partial charge in [-0.05, 0) is 18.6 Å². The highest BCUT2D eigenvalue weighted by atomic mass is 19.1. The van der Waals surface area contributed by atoms with Crippen LogP contribution in [0.5, 0.6) is 0 Å². The fourth-order valence-electron chi connectivity index (χ4n) is 0.874. The molecular weight excluding hydrogens is 190 g/mol. The summed E-state index contributed by atoms with van der Waals surface area (Å²) in [6, 6.07) is 1.85. The number of aryl methyl sites for hydroxylation is 1. The molecule has 1 N–H and O–H groups in total. The summed E-state index contributed by atoms with van der Waals surface area (Å²) in [4.78, 5) is 10.1. The van der Waals surface area contributed by atoms with Gasteiger partial charge in [-0.15, -0.1) is 0 Å². The van der Waals surface area contributed by atoms with Crippen LogP contribution in [0.1, 0.15) is 11.1 Å². The van der Waals surface area contributed by atoms with Gasteiger partial charge in [-0.2, -0.15) is 0 Å². The van der Waals surface area contributed by atoms with Gasteiger partial charge in [0.2, 0.25) is 0 Å². The molecule has 0 amide bonds. The van der Waals surface area contributed by atoms with E-state index in [1.165, 1.54) is 13.0 Å². The van der Waals surface area contributed by atoms with Crippen LogP contribution in [0.15, 0.2) is 12.1 Å². The molecule has 0 unspecified atom stereocenters. The second-order valence-electron chi connectivity index (χ2n) is 2.64. The molecule has 0 heterocycles.